The van der Waals surface area contributed by atoms with Crippen LogP contribution in [0.1, 0.15) is 16.4 Å². The van der Waals surface area contributed by atoms with Crippen molar-refractivity contribution in [3.8, 4) is 11.5 Å². The molecule has 30 heavy (non-hydrogen) atoms. The topological polar surface area (TPSA) is 97.5 Å². The van der Waals surface area contributed by atoms with E-state index < -0.39 is 23.1 Å². The van der Waals surface area contributed by atoms with Crippen molar-refractivity contribution in [2.45, 2.75) is 16.2 Å². The lowest BCUT2D eigenvalue weighted by Crippen LogP contribution is -2.46. The van der Waals surface area contributed by atoms with Gasteiger partial charge in [0.15, 0.2) is 0 Å². The number of thioether (sulfide) groups is 1. The third-order valence-electron chi connectivity index (χ3n) is 5.21. The summed E-state index contributed by atoms with van der Waals surface area (Å²) >= 11 is 2.27. The molecule has 0 radical (unpaired) electrons. The molecular formula is C21H16N2O5S2. The van der Waals surface area contributed by atoms with Gasteiger partial charge in [-0.2, -0.15) is 0 Å². The predicted molar refractivity (Wildman–Crippen MR) is 114 cm³/mol. The van der Waals surface area contributed by atoms with Crippen molar-refractivity contribution in [1.29, 1.82) is 0 Å². The smallest absolute Gasteiger partial charge is 0.317 e. The van der Waals surface area contributed by atoms with Crippen LogP contribution < -0.4 is 19.7 Å². The van der Waals surface area contributed by atoms with Crippen LogP contribution in [0.5, 0.6) is 11.5 Å². The largest absolute Gasteiger partial charge is 0.497 e. The van der Waals surface area contributed by atoms with Gasteiger partial charge < -0.3 is 19.8 Å². The third-order valence-corrected chi connectivity index (χ3v) is 7.62. The molecule has 2 aliphatic rings. The maximum atomic E-state index is 13.2. The highest BCUT2D eigenvalue weighted by atomic mass is 32.2. The molecule has 5 rings (SSSR count). The van der Waals surface area contributed by atoms with Crippen LogP contribution in [0.15, 0.2) is 58.4 Å². The summed E-state index contributed by atoms with van der Waals surface area (Å²) in [5.74, 6) is -0.789. The molecule has 0 saturated heterocycles. The number of H-pyrrole nitrogens is 1. The minimum atomic E-state index is -0.754. The number of methoxy groups -OCH3 is 1. The van der Waals surface area contributed by atoms with E-state index in [0.717, 1.165) is 21.8 Å². The molecule has 3 atom stereocenters. The molecule has 3 heterocycles. The molecule has 0 unspecified atom stereocenters. The Kier molecular flexibility index (Phi) is 4.63. The summed E-state index contributed by atoms with van der Waals surface area (Å²) in [7, 11) is 1.57. The number of thiazole rings is 1. The lowest BCUT2D eigenvalue weighted by atomic mass is 9.80. The Bertz CT molecular complexity index is 1200. The first-order chi connectivity index (χ1) is 14.5. The van der Waals surface area contributed by atoms with Crippen molar-refractivity contribution in [3.63, 3.8) is 0 Å². The number of fused-ring (bicyclic) bond motifs is 5. The second kappa shape index (κ2) is 7.33. The van der Waals surface area contributed by atoms with Crippen molar-refractivity contribution in [2.75, 3.05) is 12.4 Å². The van der Waals surface area contributed by atoms with Crippen LogP contribution in [0, 0.1) is 5.92 Å². The number of anilines is 1. The average Bonchev–Trinajstić information content (AvgIpc) is 3.13. The van der Waals surface area contributed by atoms with E-state index in [1.54, 1.807) is 43.5 Å². The molecule has 2 aromatic carbocycles. The van der Waals surface area contributed by atoms with Crippen LogP contribution in [-0.4, -0.2) is 29.2 Å². The number of nitrogens with one attached hydrogen (secondary N) is 2. The fraction of sp³-hybridized carbons (Fsp3) is 0.190. The minimum Gasteiger partial charge on any atom is -0.497 e. The summed E-state index contributed by atoms with van der Waals surface area (Å²) in [5.41, 5.74) is 1.40. The molecule has 0 saturated carbocycles. The molecule has 0 spiro atoms. The monoisotopic (exact) mass is 440 g/mol. The van der Waals surface area contributed by atoms with Crippen LogP contribution in [0.3, 0.4) is 0 Å². The van der Waals surface area contributed by atoms with Gasteiger partial charge in [0.1, 0.15) is 16.7 Å². The SMILES string of the molecule is COc1ccc(NC(=O)[C@H]2Sc3[nH]c(=O)sc3[C@@H]3c4ccccc4OC(=O)[C@H]32)cc1. The van der Waals surface area contributed by atoms with Crippen molar-refractivity contribution >= 4 is 40.7 Å². The Hall–Kier alpha value is -3.04. The number of para-hydroxylation sites is 1. The van der Waals surface area contributed by atoms with E-state index in [-0.39, 0.29) is 10.8 Å². The Labute approximate surface area is 179 Å². The van der Waals surface area contributed by atoms with E-state index in [9.17, 15) is 14.4 Å². The second-order valence-electron chi connectivity index (χ2n) is 6.93. The van der Waals surface area contributed by atoms with Crippen LogP contribution in [0.25, 0.3) is 0 Å². The number of esters is 1. The summed E-state index contributed by atoms with van der Waals surface area (Å²) in [4.78, 5) is 41.6. The van der Waals surface area contributed by atoms with E-state index in [0.29, 0.717) is 22.2 Å². The fourth-order valence-corrected chi connectivity index (χ4v) is 6.32. The average molecular weight is 441 g/mol. The van der Waals surface area contributed by atoms with Gasteiger partial charge in [0.25, 0.3) is 0 Å². The van der Waals surface area contributed by atoms with Gasteiger partial charge in [-0.05, 0) is 30.3 Å². The number of ether oxygens (including phenoxy) is 2. The highest BCUT2D eigenvalue weighted by molar-refractivity contribution is 8.00. The number of carbonyl (C=O) groups excluding carboxylic acids is 2. The summed E-state index contributed by atoms with van der Waals surface area (Å²) in [6.07, 6.45) is 0. The number of aromatic nitrogens is 1. The van der Waals surface area contributed by atoms with Gasteiger partial charge in [-0.25, -0.2) is 0 Å². The molecule has 0 fully saturated rings. The third kappa shape index (κ3) is 3.10. The van der Waals surface area contributed by atoms with E-state index in [4.69, 9.17) is 9.47 Å². The zero-order valence-corrected chi connectivity index (χ0v) is 17.3. The minimum absolute atomic E-state index is 0.209. The zero-order valence-electron chi connectivity index (χ0n) is 15.7. The van der Waals surface area contributed by atoms with E-state index in [2.05, 4.69) is 10.3 Å². The first-order valence-electron chi connectivity index (χ1n) is 9.20. The fourth-order valence-electron chi connectivity index (χ4n) is 3.86. The number of benzene rings is 2. The van der Waals surface area contributed by atoms with Crippen molar-refractivity contribution < 1.29 is 19.1 Å². The van der Waals surface area contributed by atoms with Gasteiger partial charge in [-0.15, -0.1) is 0 Å². The molecule has 1 amide bonds. The molecule has 9 heteroatoms. The number of hydrogen-bond acceptors (Lipinski definition) is 7. The van der Waals surface area contributed by atoms with Crippen molar-refractivity contribution in [1.82, 2.24) is 4.98 Å². The Balaban J connectivity index is 1.54. The van der Waals surface area contributed by atoms with E-state index in [1.165, 1.54) is 11.8 Å². The van der Waals surface area contributed by atoms with E-state index in [1.807, 2.05) is 12.1 Å². The molecular weight excluding hydrogens is 424 g/mol. The summed E-state index contributed by atoms with van der Waals surface area (Å²) < 4.78 is 10.7. The molecule has 2 N–H and O–H groups in total. The molecule has 0 bridgehead atoms. The molecule has 152 valence electrons. The van der Waals surface area contributed by atoms with Crippen LogP contribution >= 0.6 is 23.1 Å². The summed E-state index contributed by atoms with van der Waals surface area (Å²) in [6.45, 7) is 0. The van der Waals surface area contributed by atoms with Crippen LogP contribution in [0.2, 0.25) is 0 Å². The lowest BCUT2D eigenvalue weighted by molar-refractivity contribution is -0.142. The first-order valence-corrected chi connectivity index (χ1v) is 10.9. The van der Waals surface area contributed by atoms with Gasteiger partial charge in [-0.1, -0.05) is 41.3 Å². The van der Waals surface area contributed by atoms with Gasteiger partial charge >= 0.3 is 10.8 Å². The number of rotatable bonds is 3. The molecule has 7 nitrogen and oxygen atoms in total. The maximum absolute atomic E-state index is 13.2. The maximum Gasteiger partial charge on any atom is 0.317 e. The number of aromatic amines is 1. The number of amides is 1. The first kappa shape index (κ1) is 19.0. The highest BCUT2D eigenvalue weighted by Gasteiger charge is 2.51. The molecule has 0 aliphatic carbocycles. The second-order valence-corrected chi connectivity index (χ2v) is 9.09. The van der Waals surface area contributed by atoms with Crippen molar-refractivity contribution in [2.24, 2.45) is 5.92 Å². The summed E-state index contributed by atoms with van der Waals surface area (Å²) in [5, 5.41) is 2.74. The Morgan fingerprint density at radius 1 is 1.13 bits per heavy atom. The van der Waals surface area contributed by atoms with E-state index >= 15 is 0 Å². The van der Waals surface area contributed by atoms with Crippen molar-refractivity contribution in [3.05, 3.63) is 68.6 Å². The van der Waals surface area contributed by atoms with Gasteiger partial charge in [0.05, 0.1) is 18.1 Å². The lowest BCUT2D eigenvalue weighted by Gasteiger charge is -2.38. The number of carbonyl (C=O) groups is 2. The quantitative estimate of drug-likeness (QED) is 0.479. The van der Waals surface area contributed by atoms with Gasteiger partial charge in [0.2, 0.25) is 5.91 Å². The zero-order chi connectivity index (χ0) is 20.8. The molecule has 3 aromatic rings. The standard InChI is InChI=1S/C21H16N2O5S2/c1-27-11-8-6-10(7-9-11)22-18(24)16-15-14(17-19(29-16)23-21(26)30-17)12-4-2-3-5-13(12)28-20(15)25/h2-9,14-16H,1H3,(H,22,24)(H,23,26)/t14-,15-,16+/m1/s1. The Morgan fingerprint density at radius 3 is 2.67 bits per heavy atom. The summed E-state index contributed by atoms with van der Waals surface area (Å²) in [6, 6.07) is 14.2. The van der Waals surface area contributed by atoms with Crippen LogP contribution in [-0.2, 0) is 9.59 Å². The Morgan fingerprint density at radius 2 is 1.90 bits per heavy atom. The van der Waals surface area contributed by atoms with Gasteiger partial charge in [-0.3, -0.25) is 14.4 Å². The van der Waals surface area contributed by atoms with Gasteiger partial charge in [0, 0.05) is 22.0 Å². The van der Waals surface area contributed by atoms with Crippen LogP contribution in [0.4, 0.5) is 5.69 Å². The highest BCUT2D eigenvalue weighted by Crippen LogP contribution is 2.53. The molecule has 1 aromatic heterocycles. The predicted octanol–water partition coefficient (Wildman–Crippen LogP) is 3.23. The molecule has 2 aliphatic heterocycles. The normalized spacial score (nSPS) is 21.6. The number of hydrogen-bond donors (Lipinski definition) is 2.